The highest BCUT2D eigenvalue weighted by molar-refractivity contribution is 7.09. The van der Waals surface area contributed by atoms with E-state index < -0.39 is 0 Å². The van der Waals surface area contributed by atoms with Crippen molar-refractivity contribution in [1.82, 2.24) is 9.47 Å². The van der Waals surface area contributed by atoms with E-state index in [0.717, 1.165) is 27.9 Å². The number of carbonyl (C=O) groups excluding carboxylic acids is 1. The van der Waals surface area contributed by atoms with Gasteiger partial charge < -0.3 is 14.2 Å². The van der Waals surface area contributed by atoms with Crippen molar-refractivity contribution >= 4 is 28.1 Å². The standard InChI is InChI=1S/C20H22N2O2S/c1-13-19(20(23)21(2)12-16-5-4-10-25-16)17-11-15(24-3)8-9-18(17)22(13)14-6-7-14/h4-5,8-11,14H,6-7,12H2,1-3H3. The normalized spacial score (nSPS) is 14.0. The molecule has 2 aromatic heterocycles. The van der Waals surface area contributed by atoms with Gasteiger partial charge in [-0.15, -0.1) is 11.3 Å². The maximum Gasteiger partial charge on any atom is 0.256 e. The van der Waals surface area contributed by atoms with Gasteiger partial charge in [0.05, 0.1) is 19.2 Å². The fraction of sp³-hybridized carbons (Fsp3) is 0.350. The van der Waals surface area contributed by atoms with Crippen molar-refractivity contribution in [1.29, 1.82) is 0 Å². The average Bonchev–Trinajstić information content (AvgIpc) is 3.23. The molecule has 0 bridgehead atoms. The number of amides is 1. The number of aromatic nitrogens is 1. The number of carbonyl (C=O) groups is 1. The number of rotatable bonds is 5. The van der Waals surface area contributed by atoms with Crippen LogP contribution in [0.2, 0.25) is 0 Å². The van der Waals surface area contributed by atoms with E-state index in [1.165, 1.54) is 17.7 Å². The molecule has 0 spiro atoms. The van der Waals surface area contributed by atoms with E-state index in [1.54, 1.807) is 18.4 Å². The molecule has 1 aliphatic carbocycles. The first kappa shape index (κ1) is 16.2. The Morgan fingerprint density at radius 3 is 2.80 bits per heavy atom. The van der Waals surface area contributed by atoms with Gasteiger partial charge in [0.15, 0.2) is 0 Å². The lowest BCUT2D eigenvalue weighted by molar-refractivity contribution is 0.0787. The number of hydrogen-bond acceptors (Lipinski definition) is 3. The molecule has 2 heterocycles. The lowest BCUT2D eigenvalue weighted by Crippen LogP contribution is -2.26. The molecule has 0 N–H and O–H groups in total. The topological polar surface area (TPSA) is 34.5 Å². The lowest BCUT2D eigenvalue weighted by Gasteiger charge is -2.17. The maximum absolute atomic E-state index is 13.2. The Hall–Kier alpha value is -2.27. The summed E-state index contributed by atoms with van der Waals surface area (Å²) in [5.41, 5.74) is 3.00. The largest absolute Gasteiger partial charge is 0.497 e. The monoisotopic (exact) mass is 354 g/mol. The Labute approximate surface area is 151 Å². The summed E-state index contributed by atoms with van der Waals surface area (Å²) in [5.74, 6) is 0.860. The first-order valence-corrected chi connectivity index (χ1v) is 9.44. The van der Waals surface area contributed by atoms with Crippen molar-refractivity contribution in [3.05, 3.63) is 51.8 Å². The molecule has 1 aromatic carbocycles. The Balaban J connectivity index is 1.79. The summed E-state index contributed by atoms with van der Waals surface area (Å²) in [5, 5.41) is 3.04. The highest BCUT2D eigenvalue weighted by atomic mass is 32.1. The SMILES string of the molecule is COc1ccc2c(c1)c(C(=O)N(C)Cc1cccs1)c(C)n2C1CC1. The quantitative estimate of drug-likeness (QED) is 0.670. The molecule has 5 heteroatoms. The number of hydrogen-bond donors (Lipinski definition) is 0. The van der Waals surface area contributed by atoms with Crippen molar-refractivity contribution < 1.29 is 9.53 Å². The van der Waals surface area contributed by atoms with Gasteiger partial charge in [-0.25, -0.2) is 0 Å². The summed E-state index contributed by atoms with van der Waals surface area (Å²) in [6, 6.07) is 10.7. The molecule has 1 fully saturated rings. The van der Waals surface area contributed by atoms with Gasteiger partial charge in [0.1, 0.15) is 5.75 Å². The minimum atomic E-state index is 0.0727. The van der Waals surface area contributed by atoms with Crippen LogP contribution in [0.1, 0.15) is 39.8 Å². The van der Waals surface area contributed by atoms with Crippen molar-refractivity contribution in [3.63, 3.8) is 0 Å². The number of benzene rings is 1. The Bertz CT molecular complexity index is 923. The minimum absolute atomic E-state index is 0.0727. The van der Waals surface area contributed by atoms with E-state index in [2.05, 4.69) is 23.6 Å². The number of thiophene rings is 1. The van der Waals surface area contributed by atoms with Crippen LogP contribution in [0.15, 0.2) is 35.7 Å². The van der Waals surface area contributed by atoms with Crippen LogP contribution < -0.4 is 4.74 Å². The van der Waals surface area contributed by atoms with Gasteiger partial charge in [-0.05, 0) is 49.4 Å². The molecule has 4 nitrogen and oxygen atoms in total. The molecule has 1 saturated carbocycles. The molecule has 3 aromatic rings. The van der Waals surface area contributed by atoms with Crippen molar-refractivity contribution in [2.45, 2.75) is 32.4 Å². The summed E-state index contributed by atoms with van der Waals surface area (Å²) in [4.78, 5) is 16.2. The van der Waals surface area contributed by atoms with Crippen LogP contribution in [-0.4, -0.2) is 29.5 Å². The summed E-state index contributed by atoms with van der Waals surface area (Å²) < 4.78 is 7.73. The highest BCUT2D eigenvalue weighted by Crippen LogP contribution is 2.42. The summed E-state index contributed by atoms with van der Waals surface area (Å²) in [6.07, 6.45) is 2.38. The second kappa shape index (κ2) is 6.23. The second-order valence-corrected chi connectivity index (χ2v) is 7.72. The van der Waals surface area contributed by atoms with Crippen LogP contribution in [0.5, 0.6) is 5.75 Å². The fourth-order valence-corrected chi connectivity index (χ4v) is 4.28. The van der Waals surface area contributed by atoms with Crippen LogP contribution in [0, 0.1) is 6.92 Å². The zero-order valence-corrected chi connectivity index (χ0v) is 15.6. The van der Waals surface area contributed by atoms with Crippen molar-refractivity contribution in [2.75, 3.05) is 14.2 Å². The van der Waals surface area contributed by atoms with Crippen LogP contribution in [-0.2, 0) is 6.54 Å². The fourth-order valence-electron chi connectivity index (χ4n) is 3.52. The zero-order valence-electron chi connectivity index (χ0n) is 14.8. The van der Waals surface area contributed by atoms with Gasteiger partial charge in [-0.1, -0.05) is 6.07 Å². The predicted octanol–water partition coefficient (Wildman–Crippen LogP) is 4.63. The van der Waals surface area contributed by atoms with Gasteiger partial charge in [-0.2, -0.15) is 0 Å². The van der Waals surface area contributed by atoms with Crippen LogP contribution in [0.4, 0.5) is 0 Å². The molecule has 25 heavy (non-hydrogen) atoms. The summed E-state index contributed by atoms with van der Waals surface area (Å²) in [6.45, 7) is 2.70. The van der Waals surface area contributed by atoms with Gasteiger partial charge in [0.2, 0.25) is 0 Å². The van der Waals surface area contributed by atoms with Crippen LogP contribution >= 0.6 is 11.3 Å². The Kier molecular flexibility index (Phi) is 4.04. The molecular weight excluding hydrogens is 332 g/mol. The molecule has 0 aliphatic heterocycles. The first-order valence-electron chi connectivity index (χ1n) is 8.56. The van der Waals surface area contributed by atoms with E-state index >= 15 is 0 Å². The predicted molar refractivity (Wildman–Crippen MR) is 102 cm³/mol. The number of methoxy groups -OCH3 is 1. The Morgan fingerprint density at radius 1 is 1.36 bits per heavy atom. The van der Waals surface area contributed by atoms with E-state index in [-0.39, 0.29) is 5.91 Å². The van der Waals surface area contributed by atoms with Gasteiger partial charge in [0, 0.05) is 34.6 Å². The zero-order chi connectivity index (χ0) is 17.6. The Morgan fingerprint density at radius 2 is 2.16 bits per heavy atom. The van der Waals surface area contributed by atoms with E-state index in [1.807, 2.05) is 35.5 Å². The number of nitrogens with zero attached hydrogens (tertiary/aromatic N) is 2. The van der Waals surface area contributed by atoms with Crippen LogP contribution in [0.3, 0.4) is 0 Å². The third-order valence-electron chi connectivity index (χ3n) is 4.90. The van der Waals surface area contributed by atoms with Gasteiger partial charge >= 0.3 is 0 Å². The molecule has 1 amide bonds. The molecule has 0 saturated heterocycles. The molecular formula is C20H22N2O2S. The van der Waals surface area contributed by atoms with Gasteiger partial charge in [-0.3, -0.25) is 4.79 Å². The molecule has 0 radical (unpaired) electrons. The van der Waals surface area contributed by atoms with Crippen molar-refractivity contribution in [3.8, 4) is 5.75 Å². The third kappa shape index (κ3) is 2.82. The van der Waals surface area contributed by atoms with Crippen LogP contribution in [0.25, 0.3) is 10.9 Å². The number of fused-ring (bicyclic) bond motifs is 1. The lowest BCUT2D eigenvalue weighted by atomic mass is 10.1. The number of ether oxygens (including phenoxy) is 1. The minimum Gasteiger partial charge on any atom is -0.497 e. The van der Waals surface area contributed by atoms with E-state index in [0.29, 0.717) is 12.6 Å². The molecule has 0 atom stereocenters. The van der Waals surface area contributed by atoms with E-state index in [9.17, 15) is 4.79 Å². The maximum atomic E-state index is 13.2. The van der Waals surface area contributed by atoms with Crippen molar-refractivity contribution in [2.24, 2.45) is 0 Å². The van der Waals surface area contributed by atoms with E-state index in [4.69, 9.17) is 4.74 Å². The summed E-state index contributed by atoms with van der Waals surface area (Å²) in [7, 11) is 3.54. The molecule has 0 unspecified atom stereocenters. The summed E-state index contributed by atoms with van der Waals surface area (Å²) >= 11 is 1.68. The van der Waals surface area contributed by atoms with Gasteiger partial charge in [0.25, 0.3) is 5.91 Å². The molecule has 1 aliphatic rings. The average molecular weight is 354 g/mol. The molecule has 4 rings (SSSR count). The first-order chi connectivity index (χ1) is 12.1. The second-order valence-electron chi connectivity index (χ2n) is 6.69. The highest BCUT2D eigenvalue weighted by Gasteiger charge is 2.31. The molecule has 130 valence electrons. The third-order valence-corrected chi connectivity index (χ3v) is 5.76. The smallest absolute Gasteiger partial charge is 0.256 e.